The minimum Gasteiger partial charge on any atom is -0.475 e. The maximum atomic E-state index is 12.8. The number of aryl methyl sites for hydroxylation is 1. The van der Waals surface area contributed by atoms with Gasteiger partial charge in [-0.25, -0.2) is 9.78 Å². The molecule has 2 aliphatic rings. The zero-order valence-electron chi connectivity index (χ0n) is 17.7. The van der Waals surface area contributed by atoms with Crippen LogP contribution in [-0.4, -0.2) is 55.7 Å². The fourth-order valence-electron chi connectivity index (χ4n) is 4.35. The number of rotatable bonds is 2. The van der Waals surface area contributed by atoms with E-state index in [1.54, 1.807) is 17.5 Å². The lowest BCUT2D eigenvalue weighted by Gasteiger charge is -2.22. The van der Waals surface area contributed by atoms with Crippen LogP contribution in [0.3, 0.4) is 0 Å². The third-order valence-corrected chi connectivity index (χ3v) is 6.92. The largest absolute Gasteiger partial charge is 0.490 e. The molecule has 0 saturated carbocycles. The first-order chi connectivity index (χ1) is 15.6. The fraction of sp³-hybridized carbons (Fsp3) is 0.364. The number of hydrogen-bond acceptors (Lipinski definition) is 5. The van der Waals surface area contributed by atoms with Gasteiger partial charge in [0.15, 0.2) is 0 Å². The van der Waals surface area contributed by atoms with Crippen molar-refractivity contribution in [3.8, 4) is 11.3 Å². The Balaban J connectivity index is 0.000000325. The molecule has 5 rings (SSSR count). The van der Waals surface area contributed by atoms with Crippen molar-refractivity contribution in [2.75, 3.05) is 13.1 Å². The van der Waals surface area contributed by atoms with Crippen LogP contribution in [0.15, 0.2) is 42.9 Å². The monoisotopic (exact) mass is 478 g/mol. The van der Waals surface area contributed by atoms with Gasteiger partial charge in [-0.3, -0.25) is 9.78 Å². The smallest absolute Gasteiger partial charge is 0.475 e. The van der Waals surface area contributed by atoms with Gasteiger partial charge in [-0.1, -0.05) is 0 Å². The summed E-state index contributed by atoms with van der Waals surface area (Å²) >= 11 is 1.58. The second-order valence-corrected chi connectivity index (χ2v) is 9.37. The Hall–Kier alpha value is -3.21. The van der Waals surface area contributed by atoms with Crippen molar-refractivity contribution in [1.29, 1.82) is 0 Å². The van der Waals surface area contributed by atoms with Gasteiger partial charge in [-0.15, -0.1) is 11.3 Å². The van der Waals surface area contributed by atoms with Crippen molar-refractivity contribution in [2.24, 2.45) is 0 Å². The lowest BCUT2D eigenvalue weighted by atomic mass is 9.85. The second-order valence-electron chi connectivity index (χ2n) is 8.08. The molecule has 7 nitrogen and oxygen atoms in total. The zero-order valence-corrected chi connectivity index (χ0v) is 18.5. The van der Waals surface area contributed by atoms with Gasteiger partial charge in [-0.2, -0.15) is 13.2 Å². The Kier molecular flexibility index (Phi) is 6.00. The number of alkyl halides is 3. The van der Waals surface area contributed by atoms with Gasteiger partial charge >= 0.3 is 12.1 Å². The van der Waals surface area contributed by atoms with E-state index in [4.69, 9.17) is 14.9 Å². The number of nitrogens with zero attached hydrogens (tertiary/aromatic N) is 4. The van der Waals surface area contributed by atoms with Gasteiger partial charge in [0.25, 0.3) is 5.91 Å². The van der Waals surface area contributed by atoms with E-state index >= 15 is 0 Å². The maximum Gasteiger partial charge on any atom is 0.490 e. The first-order valence-corrected chi connectivity index (χ1v) is 11.0. The molecule has 1 saturated heterocycles. The van der Waals surface area contributed by atoms with Gasteiger partial charge in [0.1, 0.15) is 5.82 Å². The number of amides is 1. The molecule has 1 spiro atoms. The number of hydrogen-bond donors (Lipinski definition) is 1. The lowest BCUT2D eigenvalue weighted by Crippen LogP contribution is -2.33. The first kappa shape index (κ1) is 23.0. The van der Waals surface area contributed by atoms with Crippen LogP contribution in [0.2, 0.25) is 0 Å². The number of carbonyl (C=O) groups excluding carboxylic acids is 1. The Morgan fingerprint density at radius 2 is 1.88 bits per heavy atom. The van der Waals surface area contributed by atoms with Crippen molar-refractivity contribution >= 4 is 23.2 Å². The molecular weight excluding hydrogens is 457 g/mol. The highest BCUT2D eigenvalue weighted by Gasteiger charge is 2.48. The van der Waals surface area contributed by atoms with Crippen molar-refractivity contribution in [1.82, 2.24) is 19.4 Å². The summed E-state index contributed by atoms with van der Waals surface area (Å²) in [7, 11) is 0. The standard InChI is InChI=1S/C20H20N4OS.C2HF3O2/c1-14-4-5-17(26-14)18(25)23-9-6-20(13-23)7-10-24-16(12-22-19(20)24)15-3-2-8-21-11-15;3-2(4,5)1(6)7/h2-5,8,11-12H,6-7,9-10,13H2,1H3;(H,6,7). The van der Waals surface area contributed by atoms with E-state index in [9.17, 15) is 18.0 Å². The van der Waals surface area contributed by atoms with Crippen molar-refractivity contribution in [3.05, 3.63) is 58.4 Å². The predicted octanol–water partition coefficient (Wildman–Crippen LogP) is 4.14. The number of halogens is 3. The molecular formula is C22H21F3N4O3S. The van der Waals surface area contributed by atoms with Crippen LogP contribution in [-0.2, 0) is 16.8 Å². The molecule has 2 aliphatic heterocycles. The van der Waals surface area contributed by atoms with Gasteiger partial charge in [0.2, 0.25) is 0 Å². The van der Waals surface area contributed by atoms with Gasteiger partial charge < -0.3 is 14.6 Å². The number of thiophene rings is 1. The van der Waals surface area contributed by atoms with Gasteiger partial charge in [0, 0.05) is 47.9 Å². The molecule has 5 heterocycles. The van der Waals surface area contributed by atoms with Crippen LogP contribution in [0.1, 0.15) is 33.2 Å². The van der Waals surface area contributed by atoms with E-state index in [0.29, 0.717) is 0 Å². The molecule has 0 aromatic carbocycles. The summed E-state index contributed by atoms with van der Waals surface area (Å²) in [6.45, 7) is 4.58. The summed E-state index contributed by atoms with van der Waals surface area (Å²) in [6, 6.07) is 8.00. The van der Waals surface area contributed by atoms with E-state index in [1.807, 2.05) is 42.4 Å². The number of carboxylic acids is 1. The van der Waals surface area contributed by atoms with Crippen molar-refractivity contribution in [3.63, 3.8) is 0 Å². The minimum absolute atomic E-state index is 0.00240. The van der Waals surface area contributed by atoms with E-state index in [-0.39, 0.29) is 11.3 Å². The number of carboxylic acid groups (broad SMARTS) is 1. The second kappa shape index (κ2) is 8.62. The summed E-state index contributed by atoms with van der Waals surface area (Å²) in [4.78, 5) is 34.8. The first-order valence-electron chi connectivity index (χ1n) is 10.2. The van der Waals surface area contributed by atoms with Crippen LogP contribution >= 0.6 is 11.3 Å². The minimum atomic E-state index is -5.08. The molecule has 3 aromatic rings. The van der Waals surface area contributed by atoms with Crippen molar-refractivity contribution < 1.29 is 27.9 Å². The summed E-state index contributed by atoms with van der Waals surface area (Å²) < 4.78 is 34.1. The van der Waals surface area contributed by atoms with Crippen LogP contribution < -0.4 is 0 Å². The summed E-state index contributed by atoms with van der Waals surface area (Å²) in [6.07, 6.45) is 2.60. The van der Waals surface area contributed by atoms with E-state index in [0.717, 1.165) is 54.4 Å². The molecule has 1 atom stereocenters. The molecule has 174 valence electrons. The van der Waals surface area contributed by atoms with Crippen LogP contribution in [0.4, 0.5) is 13.2 Å². The molecule has 1 amide bonds. The number of carbonyl (C=O) groups is 2. The summed E-state index contributed by atoms with van der Waals surface area (Å²) in [5.41, 5.74) is 2.23. The number of fused-ring (bicyclic) bond motifs is 2. The Morgan fingerprint density at radius 1 is 1.15 bits per heavy atom. The number of aliphatic carboxylic acids is 1. The van der Waals surface area contributed by atoms with E-state index in [1.165, 1.54) is 4.88 Å². The number of likely N-dealkylation sites (tertiary alicyclic amines) is 1. The normalized spacial score (nSPS) is 19.3. The fourth-order valence-corrected chi connectivity index (χ4v) is 5.18. The SMILES string of the molecule is Cc1ccc(C(=O)N2CCC3(CCn4c(-c5cccnc5)cnc43)C2)s1.O=C(O)C(F)(F)F. The topological polar surface area (TPSA) is 88.3 Å². The van der Waals surface area contributed by atoms with Crippen LogP contribution in [0, 0.1) is 6.92 Å². The summed E-state index contributed by atoms with van der Waals surface area (Å²) in [5, 5.41) is 7.12. The van der Waals surface area contributed by atoms with Gasteiger partial charge in [0.05, 0.1) is 16.8 Å². The molecule has 11 heteroatoms. The average molecular weight is 478 g/mol. The predicted molar refractivity (Wildman–Crippen MR) is 115 cm³/mol. The van der Waals surface area contributed by atoms with Crippen LogP contribution in [0.25, 0.3) is 11.3 Å². The molecule has 1 unspecified atom stereocenters. The number of pyridine rings is 1. The summed E-state index contributed by atoms with van der Waals surface area (Å²) in [5.74, 6) is -1.46. The molecule has 0 aliphatic carbocycles. The highest BCUT2D eigenvalue weighted by atomic mass is 32.1. The molecule has 0 radical (unpaired) electrons. The number of aromatic nitrogens is 3. The lowest BCUT2D eigenvalue weighted by molar-refractivity contribution is -0.192. The quantitative estimate of drug-likeness (QED) is 0.598. The number of imidazole rings is 1. The zero-order chi connectivity index (χ0) is 23.8. The average Bonchev–Trinajstić information content (AvgIpc) is 3.55. The molecule has 1 N–H and O–H groups in total. The third-order valence-electron chi connectivity index (χ3n) is 5.94. The highest BCUT2D eigenvalue weighted by Crippen LogP contribution is 2.44. The van der Waals surface area contributed by atoms with Crippen molar-refractivity contribution in [2.45, 2.75) is 37.9 Å². The Bertz CT molecular complexity index is 1180. The molecule has 1 fully saturated rings. The molecule has 33 heavy (non-hydrogen) atoms. The Morgan fingerprint density at radius 3 is 2.48 bits per heavy atom. The van der Waals surface area contributed by atoms with E-state index < -0.39 is 12.1 Å². The highest BCUT2D eigenvalue weighted by molar-refractivity contribution is 7.13. The van der Waals surface area contributed by atoms with Crippen LogP contribution in [0.5, 0.6) is 0 Å². The van der Waals surface area contributed by atoms with E-state index in [2.05, 4.69) is 15.6 Å². The third kappa shape index (κ3) is 4.50. The van der Waals surface area contributed by atoms with Gasteiger partial charge in [-0.05, 0) is 44.0 Å². The maximum absolute atomic E-state index is 12.8. The Labute approximate surface area is 191 Å². The molecule has 0 bridgehead atoms. The molecule has 3 aromatic heterocycles.